The molecule has 1 unspecified atom stereocenters. The highest BCUT2D eigenvalue weighted by Crippen LogP contribution is 2.25. The Bertz CT molecular complexity index is 388. The molecule has 0 radical (unpaired) electrons. The van der Waals surface area contributed by atoms with Crippen LogP contribution in [-0.2, 0) is 0 Å². The van der Waals surface area contributed by atoms with Crippen LogP contribution >= 0.6 is 0 Å². The molecule has 19 heavy (non-hydrogen) atoms. The van der Waals surface area contributed by atoms with E-state index in [-0.39, 0.29) is 0 Å². The Morgan fingerprint density at radius 3 is 2.68 bits per heavy atom. The van der Waals surface area contributed by atoms with Crippen LogP contribution in [-0.4, -0.2) is 20.0 Å². The lowest BCUT2D eigenvalue weighted by Crippen LogP contribution is -2.12. The van der Waals surface area contributed by atoms with Crippen molar-refractivity contribution in [2.45, 2.75) is 39.5 Å². The van der Waals surface area contributed by atoms with Crippen molar-refractivity contribution in [3.63, 3.8) is 0 Å². The standard InChI is InChI=1S/C16H24O3/c1-4-6-7-13(5-2)12-19-16-10-15(18-3)9-8-14(16)11-17/h8-11,13H,4-7,12H2,1-3H3. The third kappa shape index (κ3) is 4.93. The number of hydrogen-bond acceptors (Lipinski definition) is 3. The normalized spacial score (nSPS) is 11.9. The maximum atomic E-state index is 11.0. The monoisotopic (exact) mass is 264 g/mol. The zero-order chi connectivity index (χ0) is 14.1. The second-order valence-electron chi connectivity index (χ2n) is 4.75. The Morgan fingerprint density at radius 2 is 2.11 bits per heavy atom. The average Bonchev–Trinajstić information content (AvgIpc) is 2.47. The molecule has 0 heterocycles. The number of methoxy groups -OCH3 is 1. The molecule has 0 fully saturated rings. The second kappa shape index (κ2) is 8.57. The largest absolute Gasteiger partial charge is 0.497 e. The Kier molecular flexibility index (Phi) is 7.01. The molecular formula is C16H24O3. The van der Waals surface area contributed by atoms with Crippen LogP contribution in [0, 0.1) is 5.92 Å². The summed E-state index contributed by atoms with van der Waals surface area (Å²) in [4.78, 5) is 11.0. The van der Waals surface area contributed by atoms with Crippen molar-refractivity contribution < 1.29 is 14.3 Å². The summed E-state index contributed by atoms with van der Waals surface area (Å²) in [6, 6.07) is 5.27. The molecule has 1 atom stereocenters. The maximum absolute atomic E-state index is 11.0. The van der Waals surface area contributed by atoms with E-state index in [0.717, 1.165) is 12.7 Å². The summed E-state index contributed by atoms with van der Waals surface area (Å²) in [5, 5.41) is 0. The summed E-state index contributed by atoms with van der Waals surface area (Å²) in [5.74, 6) is 1.87. The zero-order valence-electron chi connectivity index (χ0n) is 12.1. The second-order valence-corrected chi connectivity index (χ2v) is 4.75. The van der Waals surface area contributed by atoms with Gasteiger partial charge < -0.3 is 9.47 Å². The molecule has 0 bridgehead atoms. The minimum absolute atomic E-state index is 0.547. The number of benzene rings is 1. The van der Waals surface area contributed by atoms with Gasteiger partial charge in [-0.1, -0.05) is 33.1 Å². The molecule has 1 aromatic rings. The SMILES string of the molecule is CCCCC(CC)COc1cc(OC)ccc1C=O. The number of unbranched alkanes of at least 4 members (excludes halogenated alkanes) is 1. The number of hydrogen-bond donors (Lipinski definition) is 0. The first kappa shape index (κ1) is 15.5. The van der Waals surface area contributed by atoms with Crippen LogP contribution < -0.4 is 9.47 Å². The fraction of sp³-hybridized carbons (Fsp3) is 0.562. The van der Waals surface area contributed by atoms with Gasteiger partial charge in [-0.05, 0) is 24.5 Å². The van der Waals surface area contributed by atoms with Crippen molar-refractivity contribution in [2.24, 2.45) is 5.92 Å². The molecule has 3 heteroatoms. The lowest BCUT2D eigenvalue weighted by molar-refractivity contribution is 0.111. The van der Waals surface area contributed by atoms with Gasteiger partial charge in [-0.25, -0.2) is 0 Å². The topological polar surface area (TPSA) is 35.5 Å². The lowest BCUT2D eigenvalue weighted by Gasteiger charge is -2.16. The van der Waals surface area contributed by atoms with Crippen LogP contribution in [0.4, 0.5) is 0 Å². The van der Waals surface area contributed by atoms with Crippen molar-refractivity contribution in [3.8, 4) is 11.5 Å². The first-order valence-corrected chi connectivity index (χ1v) is 7.01. The van der Waals surface area contributed by atoms with E-state index < -0.39 is 0 Å². The fourth-order valence-electron chi connectivity index (χ4n) is 1.97. The van der Waals surface area contributed by atoms with Crippen LogP contribution in [0.5, 0.6) is 11.5 Å². The van der Waals surface area contributed by atoms with Gasteiger partial charge in [0.05, 0.1) is 19.3 Å². The Labute approximate surface area is 115 Å². The molecule has 3 nitrogen and oxygen atoms in total. The lowest BCUT2D eigenvalue weighted by atomic mass is 10.0. The van der Waals surface area contributed by atoms with Crippen molar-refractivity contribution in [1.82, 2.24) is 0 Å². The molecule has 0 spiro atoms. The molecule has 0 aliphatic rings. The zero-order valence-corrected chi connectivity index (χ0v) is 12.1. The van der Waals surface area contributed by atoms with E-state index in [2.05, 4.69) is 13.8 Å². The maximum Gasteiger partial charge on any atom is 0.153 e. The molecular weight excluding hydrogens is 240 g/mol. The highest BCUT2D eigenvalue weighted by Gasteiger charge is 2.10. The number of rotatable bonds is 9. The molecule has 1 rings (SSSR count). The summed E-state index contributed by atoms with van der Waals surface area (Å²) >= 11 is 0. The highest BCUT2D eigenvalue weighted by atomic mass is 16.5. The van der Waals surface area contributed by atoms with Crippen molar-refractivity contribution in [3.05, 3.63) is 23.8 Å². The van der Waals surface area contributed by atoms with Gasteiger partial charge in [-0.15, -0.1) is 0 Å². The predicted molar refractivity (Wildman–Crippen MR) is 77.2 cm³/mol. The van der Waals surface area contributed by atoms with Gasteiger partial charge in [-0.2, -0.15) is 0 Å². The van der Waals surface area contributed by atoms with Crippen molar-refractivity contribution in [1.29, 1.82) is 0 Å². The third-order valence-corrected chi connectivity index (χ3v) is 3.37. The van der Waals surface area contributed by atoms with Gasteiger partial charge >= 0.3 is 0 Å². The molecule has 0 aromatic heterocycles. The van der Waals surface area contributed by atoms with Crippen LogP contribution in [0.2, 0.25) is 0 Å². The van der Waals surface area contributed by atoms with E-state index in [0.29, 0.717) is 29.6 Å². The van der Waals surface area contributed by atoms with Crippen molar-refractivity contribution in [2.75, 3.05) is 13.7 Å². The van der Waals surface area contributed by atoms with Gasteiger partial charge in [-0.3, -0.25) is 4.79 Å². The quantitative estimate of drug-likeness (QED) is 0.630. The van der Waals surface area contributed by atoms with Crippen LogP contribution in [0.3, 0.4) is 0 Å². The molecule has 0 amide bonds. The van der Waals surface area contributed by atoms with E-state index in [1.54, 1.807) is 25.3 Å². The summed E-state index contributed by atoms with van der Waals surface area (Å²) in [7, 11) is 1.61. The third-order valence-electron chi connectivity index (χ3n) is 3.37. The van der Waals surface area contributed by atoms with Gasteiger partial charge in [0.25, 0.3) is 0 Å². The average molecular weight is 264 g/mol. The number of carbonyl (C=O) groups excluding carboxylic acids is 1. The minimum Gasteiger partial charge on any atom is -0.497 e. The molecule has 0 aliphatic heterocycles. The minimum atomic E-state index is 0.547. The number of aldehydes is 1. The summed E-state index contributed by atoms with van der Waals surface area (Å²) in [6.07, 6.45) is 5.52. The molecule has 1 aromatic carbocycles. The van der Waals surface area contributed by atoms with Crippen molar-refractivity contribution >= 4 is 6.29 Å². The van der Waals surface area contributed by atoms with Crippen LogP contribution in [0.25, 0.3) is 0 Å². The van der Waals surface area contributed by atoms with E-state index in [9.17, 15) is 4.79 Å². The van der Waals surface area contributed by atoms with E-state index in [1.807, 2.05) is 0 Å². The molecule has 106 valence electrons. The molecule has 0 saturated carbocycles. The molecule has 0 saturated heterocycles. The van der Waals surface area contributed by atoms with Gasteiger partial charge in [0.2, 0.25) is 0 Å². The first-order valence-electron chi connectivity index (χ1n) is 7.01. The van der Waals surface area contributed by atoms with E-state index in [1.165, 1.54) is 19.3 Å². The number of ether oxygens (including phenoxy) is 2. The smallest absolute Gasteiger partial charge is 0.153 e. The Balaban J connectivity index is 2.66. The van der Waals surface area contributed by atoms with E-state index >= 15 is 0 Å². The summed E-state index contributed by atoms with van der Waals surface area (Å²) < 4.78 is 11.0. The van der Waals surface area contributed by atoms with Crippen LogP contribution in [0.15, 0.2) is 18.2 Å². The molecule has 0 N–H and O–H groups in total. The predicted octanol–water partition coefficient (Wildman–Crippen LogP) is 4.10. The van der Waals surface area contributed by atoms with E-state index in [4.69, 9.17) is 9.47 Å². The summed E-state index contributed by atoms with van der Waals surface area (Å²) in [5.41, 5.74) is 0.575. The van der Waals surface area contributed by atoms with Crippen LogP contribution in [0.1, 0.15) is 49.9 Å². The molecule has 0 aliphatic carbocycles. The number of carbonyl (C=O) groups is 1. The first-order chi connectivity index (χ1) is 9.24. The highest BCUT2D eigenvalue weighted by molar-refractivity contribution is 5.79. The Morgan fingerprint density at radius 1 is 1.32 bits per heavy atom. The van der Waals surface area contributed by atoms with Gasteiger partial charge in [0, 0.05) is 6.07 Å². The fourth-order valence-corrected chi connectivity index (χ4v) is 1.97. The van der Waals surface area contributed by atoms with Gasteiger partial charge in [0.15, 0.2) is 6.29 Å². The Hall–Kier alpha value is -1.51. The van der Waals surface area contributed by atoms with Gasteiger partial charge in [0.1, 0.15) is 11.5 Å². The summed E-state index contributed by atoms with van der Waals surface area (Å²) in [6.45, 7) is 5.03.